The first-order valence-electron chi connectivity index (χ1n) is 16.7. The number of rotatable bonds is 4. The molecule has 0 fully saturated rings. The third-order valence-electron chi connectivity index (χ3n) is 9.86. The maximum absolute atomic E-state index is 5.06. The third kappa shape index (κ3) is 4.64. The van der Waals surface area contributed by atoms with Crippen molar-refractivity contribution < 1.29 is 0 Å². The summed E-state index contributed by atoms with van der Waals surface area (Å²) in [4.78, 5) is 5.06. The second kappa shape index (κ2) is 11.3. The van der Waals surface area contributed by atoms with Gasteiger partial charge in [-0.15, -0.1) is 11.3 Å². The summed E-state index contributed by atoms with van der Waals surface area (Å²) in [5, 5.41) is 11.0. The number of nitrogens with zero attached hydrogens (tertiary/aromatic N) is 1. The Kier molecular flexibility index (Phi) is 6.43. The summed E-state index contributed by atoms with van der Waals surface area (Å²) in [6.07, 6.45) is 0. The fourth-order valence-corrected chi connectivity index (χ4v) is 8.57. The molecule has 0 aliphatic heterocycles. The molecule has 10 rings (SSSR count). The molecule has 0 atom stereocenters. The highest BCUT2D eigenvalue weighted by atomic mass is 32.1. The lowest BCUT2D eigenvalue weighted by atomic mass is 9.84. The fraction of sp³-hybridized carbons (Fsp3) is 0. The topological polar surface area (TPSA) is 12.9 Å². The molecule has 0 aliphatic rings. The number of hydrogen-bond donors (Lipinski definition) is 0. The van der Waals surface area contributed by atoms with Gasteiger partial charge in [0, 0.05) is 5.56 Å². The predicted octanol–water partition coefficient (Wildman–Crippen LogP) is 13.6. The van der Waals surface area contributed by atoms with Gasteiger partial charge in [-0.3, -0.25) is 0 Å². The Morgan fingerprint density at radius 2 is 0.857 bits per heavy atom. The summed E-state index contributed by atoms with van der Waals surface area (Å²) in [6, 6.07) is 64.2. The molecular weight excluding hydrogens is 611 g/mol. The predicted molar refractivity (Wildman–Crippen MR) is 211 cm³/mol. The molecule has 0 saturated carbocycles. The highest BCUT2D eigenvalue weighted by molar-refractivity contribution is 7.21. The Morgan fingerprint density at radius 1 is 0.347 bits per heavy atom. The minimum atomic E-state index is 1.04. The Bertz CT molecular complexity index is 2860. The summed E-state index contributed by atoms with van der Waals surface area (Å²) < 4.78 is 1.20. The monoisotopic (exact) mass is 639 g/mol. The SMILES string of the molecule is c1ccc(-c2nc3ccccc3s2)c(-c2ccc3c(-c4ccc5ccccc5c4)c4ccccc4c(-c4ccc5ccccc5c4)c3c2)c1. The molecule has 0 spiro atoms. The van der Waals surface area contributed by atoms with Crippen LogP contribution in [0.25, 0.3) is 97.3 Å². The Morgan fingerprint density at radius 3 is 1.53 bits per heavy atom. The summed E-state index contributed by atoms with van der Waals surface area (Å²) in [5.74, 6) is 0. The highest BCUT2D eigenvalue weighted by Gasteiger charge is 2.19. The van der Waals surface area contributed by atoms with Gasteiger partial charge in [-0.2, -0.15) is 0 Å². The van der Waals surface area contributed by atoms with E-state index in [0.717, 1.165) is 16.1 Å². The minimum Gasteiger partial charge on any atom is -0.236 e. The summed E-state index contributed by atoms with van der Waals surface area (Å²) in [7, 11) is 0. The van der Waals surface area contributed by atoms with Crippen molar-refractivity contribution in [3.05, 3.63) is 176 Å². The Hall–Kier alpha value is -6.09. The minimum absolute atomic E-state index is 1.04. The zero-order valence-electron chi connectivity index (χ0n) is 26.6. The van der Waals surface area contributed by atoms with Gasteiger partial charge in [0.1, 0.15) is 5.01 Å². The van der Waals surface area contributed by atoms with Crippen LogP contribution in [0.4, 0.5) is 0 Å². The van der Waals surface area contributed by atoms with Crippen molar-refractivity contribution >= 4 is 64.6 Å². The fourth-order valence-electron chi connectivity index (χ4n) is 7.57. The van der Waals surface area contributed by atoms with Gasteiger partial charge >= 0.3 is 0 Å². The number of hydrogen-bond acceptors (Lipinski definition) is 2. The number of benzene rings is 9. The van der Waals surface area contributed by atoms with Crippen LogP contribution in [0.15, 0.2) is 176 Å². The van der Waals surface area contributed by atoms with Gasteiger partial charge in [0.25, 0.3) is 0 Å². The molecule has 228 valence electrons. The number of thiazole rings is 1. The van der Waals surface area contributed by atoms with Crippen LogP contribution >= 0.6 is 11.3 Å². The third-order valence-corrected chi connectivity index (χ3v) is 10.9. The summed E-state index contributed by atoms with van der Waals surface area (Å²) in [5.41, 5.74) is 9.56. The zero-order valence-corrected chi connectivity index (χ0v) is 27.4. The van der Waals surface area contributed by atoms with Gasteiger partial charge in [0.05, 0.1) is 10.2 Å². The average molecular weight is 640 g/mol. The summed E-state index contributed by atoms with van der Waals surface area (Å²) in [6.45, 7) is 0. The van der Waals surface area contributed by atoms with Crippen LogP contribution in [-0.4, -0.2) is 4.98 Å². The number of fused-ring (bicyclic) bond motifs is 5. The van der Waals surface area contributed by atoms with Crippen LogP contribution in [0.2, 0.25) is 0 Å². The smallest absolute Gasteiger partial charge is 0.125 e. The molecule has 0 amide bonds. The van der Waals surface area contributed by atoms with Crippen LogP contribution in [0.1, 0.15) is 0 Å². The van der Waals surface area contributed by atoms with Crippen molar-refractivity contribution in [2.75, 3.05) is 0 Å². The van der Waals surface area contributed by atoms with E-state index in [1.165, 1.54) is 81.2 Å². The first-order chi connectivity index (χ1) is 24.3. The van der Waals surface area contributed by atoms with Crippen molar-refractivity contribution in [1.29, 1.82) is 0 Å². The molecule has 0 aliphatic carbocycles. The lowest BCUT2D eigenvalue weighted by Gasteiger charge is -2.19. The maximum atomic E-state index is 5.06. The lowest BCUT2D eigenvalue weighted by Crippen LogP contribution is -1.92. The molecule has 0 bridgehead atoms. The number of para-hydroxylation sites is 1. The molecule has 1 aromatic heterocycles. The molecule has 0 N–H and O–H groups in total. The van der Waals surface area contributed by atoms with Gasteiger partial charge in [0.15, 0.2) is 0 Å². The standard InChI is InChI=1S/C47H29NS/c1-3-13-32-27-35(23-21-30(32)11-1)45-38-16-6-7-17-39(38)46(36-24-22-31-12-2-4-14-33(31)28-36)42-29-34(25-26-40(42)45)37-15-5-8-18-41(37)47-48-43-19-9-10-20-44(43)49-47/h1-29H. The molecule has 1 nitrogen and oxygen atoms in total. The second-order valence-corrected chi connectivity index (χ2v) is 13.7. The van der Waals surface area contributed by atoms with Gasteiger partial charge < -0.3 is 0 Å². The van der Waals surface area contributed by atoms with E-state index < -0.39 is 0 Å². The van der Waals surface area contributed by atoms with E-state index in [2.05, 4.69) is 176 Å². The maximum Gasteiger partial charge on any atom is 0.125 e. The van der Waals surface area contributed by atoms with E-state index in [4.69, 9.17) is 4.98 Å². The second-order valence-electron chi connectivity index (χ2n) is 12.7. The van der Waals surface area contributed by atoms with Crippen molar-refractivity contribution in [1.82, 2.24) is 4.98 Å². The molecule has 9 aromatic carbocycles. The van der Waals surface area contributed by atoms with Gasteiger partial charge in [0.2, 0.25) is 0 Å². The van der Waals surface area contributed by atoms with E-state index in [0.29, 0.717) is 0 Å². The van der Waals surface area contributed by atoms with E-state index in [1.807, 2.05) is 0 Å². The van der Waals surface area contributed by atoms with E-state index in [-0.39, 0.29) is 0 Å². The Labute approximate surface area is 288 Å². The Balaban J connectivity index is 1.29. The van der Waals surface area contributed by atoms with Crippen LogP contribution in [0.5, 0.6) is 0 Å². The van der Waals surface area contributed by atoms with E-state index in [1.54, 1.807) is 11.3 Å². The number of aromatic nitrogens is 1. The molecule has 1 heterocycles. The van der Waals surface area contributed by atoms with Gasteiger partial charge in [-0.1, -0.05) is 146 Å². The molecule has 0 radical (unpaired) electrons. The van der Waals surface area contributed by atoms with Crippen LogP contribution in [0, 0.1) is 0 Å². The zero-order chi connectivity index (χ0) is 32.3. The summed E-state index contributed by atoms with van der Waals surface area (Å²) >= 11 is 1.76. The molecule has 0 saturated heterocycles. The van der Waals surface area contributed by atoms with Gasteiger partial charge in [-0.05, 0) is 107 Å². The van der Waals surface area contributed by atoms with Crippen LogP contribution in [-0.2, 0) is 0 Å². The van der Waals surface area contributed by atoms with Crippen molar-refractivity contribution in [2.45, 2.75) is 0 Å². The van der Waals surface area contributed by atoms with Crippen LogP contribution in [0.3, 0.4) is 0 Å². The normalized spacial score (nSPS) is 11.7. The lowest BCUT2D eigenvalue weighted by molar-refractivity contribution is 1.47. The molecule has 10 aromatic rings. The van der Waals surface area contributed by atoms with E-state index >= 15 is 0 Å². The van der Waals surface area contributed by atoms with Gasteiger partial charge in [-0.25, -0.2) is 4.98 Å². The van der Waals surface area contributed by atoms with Crippen molar-refractivity contribution in [3.8, 4) is 44.0 Å². The van der Waals surface area contributed by atoms with Crippen LogP contribution < -0.4 is 0 Å². The molecular formula is C47H29NS. The molecule has 49 heavy (non-hydrogen) atoms. The highest BCUT2D eigenvalue weighted by Crippen LogP contribution is 2.46. The quantitative estimate of drug-likeness (QED) is 0.175. The molecule has 2 heteroatoms. The first kappa shape index (κ1) is 28.0. The largest absolute Gasteiger partial charge is 0.236 e. The van der Waals surface area contributed by atoms with E-state index in [9.17, 15) is 0 Å². The van der Waals surface area contributed by atoms with Crippen molar-refractivity contribution in [2.24, 2.45) is 0 Å². The van der Waals surface area contributed by atoms with Crippen molar-refractivity contribution in [3.63, 3.8) is 0 Å². The first-order valence-corrected chi connectivity index (χ1v) is 17.5. The average Bonchev–Trinajstić information content (AvgIpc) is 3.61. The molecule has 0 unspecified atom stereocenters.